The van der Waals surface area contributed by atoms with E-state index in [1.165, 1.54) is 12.1 Å². The average Bonchev–Trinajstić information content (AvgIpc) is 2.46. The van der Waals surface area contributed by atoms with Crippen LogP contribution in [0.1, 0.15) is 0 Å². The number of pyridine rings is 2. The van der Waals surface area contributed by atoms with Crippen molar-refractivity contribution in [3.63, 3.8) is 0 Å². The second kappa shape index (κ2) is 4.34. The molecule has 0 bridgehead atoms. The summed E-state index contributed by atoms with van der Waals surface area (Å²) >= 11 is 0. The monoisotopic (exact) mass is 286 g/mol. The summed E-state index contributed by atoms with van der Waals surface area (Å²) in [6.07, 6.45) is 1.04. The smallest absolute Gasteiger partial charge is 0.288 e. The number of hydrogen-bond acceptors (Lipinski definition) is 6. The minimum Gasteiger partial charge on any atom is -0.339 e. The predicted molar refractivity (Wildman–Crippen MR) is 73.2 cm³/mol. The Hall–Kier alpha value is -3.36. The zero-order valence-electron chi connectivity index (χ0n) is 10.3. The van der Waals surface area contributed by atoms with Crippen molar-refractivity contribution >= 4 is 33.3 Å². The van der Waals surface area contributed by atoms with Crippen LogP contribution in [0, 0.1) is 20.2 Å². The molecule has 1 N–H and O–H groups in total. The van der Waals surface area contributed by atoms with Crippen LogP contribution in [0.25, 0.3) is 21.9 Å². The molecular weight excluding hydrogens is 280 g/mol. The molecule has 0 saturated carbocycles. The maximum Gasteiger partial charge on any atom is 0.288 e. The molecule has 9 nitrogen and oxygen atoms in total. The molecule has 0 radical (unpaired) electrons. The van der Waals surface area contributed by atoms with Crippen molar-refractivity contribution in [2.24, 2.45) is 0 Å². The molecule has 0 aliphatic rings. The summed E-state index contributed by atoms with van der Waals surface area (Å²) in [4.78, 5) is 39.2. The highest BCUT2D eigenvalue weighted by molar-refractivity contribution is 5.92. The van der Waals surface area contributed by atoms with E-state index in [2.05, 4.69) is 9.97 Å². The van der Waals surface area contributed by atoms with Gasteiger partial charge in [0.1, 0.15) is 11.8 Å². The number of fused-ring (bicyclic) bond motifs is 2. The van der Waals surface area contributed by atoms with E-state index in [-0.39, 0.29) is 27.8 Å². The first-order valence-electron chi connectivity index (χ1n) is 5.72. The highest BCUT2D eigenvalue weighted by atomic mass is 16.6. The van der Waals surface area contributed by atoms with E-state index in [0.717, 1.165) is 18.3 Å². The number of nitro groups is 2. The highest BCUT2D eigenvalue weighted by Gasteiger charge is 2.14. The SMILES string of the molecule is O=c1c2cc([N+](=O)[O-])ccc2[nH]c2ncc([N+](=O)[O-])cc12. The molecule has 104 valence electrons. The number of nitro benzene ring substituents is 1. The van der Waals surface area contributed by atoms with Crippen molar-refractivity contribution in [1.29, 1.82) is 0 Å². The van der Waals surface area contributed by atoms with Crippen LogP contribution in [-0.2, 0) is 0 Å². The molecule has 2 heterocycles. The van der Waals surface area contributed by atoms with E-state index in [1.807, 2.05) is 0 Å². The minimum atomic E-state index is -0.663. The number of rotatable bonds is 2. The van der Waals surface area contributed by atoms with Crippen LogP contribution in [0.15, 0.2) is 35.3 Å². The Morgan fingerprint density at radius 2 is 1.67 bits per heavy atom. The number of H-pyrrole nitrogens is 1. The fraction of sp³-hybridized carbons (Fsp3) is 0. The Labute approximate surface area is 115 Å². The average molecular weight is 286 g/mol. The van der Waals surface area contributed by atoms with Crippen LogP contribution >= 0.6 is 0 Å². The van der Waals surface area contributed by atoms with E-state index >= 15 is 0 Å². The minimum absolute atomic E-state index is 0.0113. The van der Waals surface area contributed by atoms with Gasteiger partial charge in [0.25, 0.3) is 11.4 Å². The third kappa shape index (κ3) is 1.96. The standard InChI is InChI=1S/C12H6N4O5/c17-11-8-3-6(15(18)19)1-2-10(8)14-12-9(11)4-7(5-13-12)16(20)21/h1-5H,(H,13,14,17). The number of hydrogen-bond donors (Lipinski definition) is 1. The number of aromatic nitrogens is 2. The van der Waals surface area contributed by atoms with E-state index in [1.54, 1.807) is 0 Å². The molecule has 3 rings (SSSR count). The second-order valence-corrected chi connectivity index (χ2v) is 4.29. The Bertz CT molecular complexity index is 903. The number of nitrogens with one attached hydrogen (secondary N) is 1. The van der Waals surface area contributed by atoms with Crippen LogP contribution in [0.2, 0.25) is 0 Å². The normalized spacial score (nSPS) is 10.9. The van der Waals surface area contributed by atoms with Crippen LogP contribution in [0.5, 0.6) is 0 Å². The van der Waals surface area contributed by atoms with Crippen LogP contribution in [0.4, 0.5) is 11.4 Å². The van der Waals surface area contributed by atoms with Gasteiger partial charge in [-0.25, -0.2) is 4.98 Å². The first kappa shape index (κ1) is 12.7. The Morgan fingerprint density at radius 3 is 2.33 bits per heavy atom. The molecule has 0 unspecified atom stereocenters. The van der Waals surface area contributed by atoms with Crippen molar-refractivity contribution in [1.82, 2.24) is 9.97 Å². The van der Waals surface area contributed by atoms with Gasteiger partial charge in [0.05, 0.1) is 26.1 Å². The number of non-ortho nitro benzene ring substituents is 1. The van der Waals surface area contributed by atoms with Crippen molar-refractivity contribution in [3.05, 3.63) is 60.9 Å². The lowest BCUT2D eigenvalue weighted by Gasteiger charge is -2.02. The maximum atomic E-state index is 12.3. The summed E-state index contributed by atoms with van der Waals surface area (Å²) in [6, 6.07) is 4.89. The molecule has 2 aromatic heterocycles. The largest absolute Gasteiger partial charge is 0.339 e. The van der Waals surface area contributed by atoms with E-state index in [9.17, 15) is 25.0 Å². The van der Waals surface area contributed by atoms with Gasteiger partial charge in [0.15, 0.2) is 5.43 Å². The van der Waals surface area contributed by atoms with Crippen LogP contribution in [-0.4, -0.2) is 19.8 Å². The summed E-state index contributed by atoms with van der Waals surface area (Å²) in [7, 11) is 0. The maximum absolute atomic E-state index is 12.3. The lowest BCUT2D eigenvalue weighted by atomic mass is 10.1. The van der Waals surface area contributed by atoms with Crippen molar-refractivity contribution < 1.29 is 9.85 Å². The molecule has 0 fully saturated rings. The Balaban J connectivity index is 2.42. The molecule has 0 aliphatic carbocycles. The van der Waals surface area contributed by atoms with Gasteiger partial charge in [-0.2, -0.15) is 0 Å². The zero-order chi connectivity index (χ0) is 15.1. The van der Waals surface area contributed by atoms with E-state index in [4.69, 9.17) is 0 Å². The summed E-state index contributed by atoms with van der Waals surface area (Å²) in [6.45, 7) is 0. The van der Waals surface area contributed by atoms with E-state index < -0.39 is 15.3 Å². The molecule has 0 aliphatic heterocycles. The molecule has 3 aromatic rings. The number of nitrogens with zero attached hydrogens (tertiary/aromatic N) is 3. The lowest BCUT2D eigenvalue weighted by Crippen LogP contribution is -2.06. The fourth-order valence-corrected chi connectivity index (χ4v) is 2.04. The Morgan fingerprint density at radius 1 is 1.00 bits per heavy atom. The Kier molecular flexibility index (Phi) is 2.61. The molecule has 0 amide bonds. The molecular formula is C12H6N4O5. The quantitative estimate of drug-likeness (QED) is 0.434. The van der Waals surface area contributed by atoms with Crippen molar-refractivity contribution in [3.8, 4) is 0 Å². The zero-order valence-corrected chi connectivity index (χ0v) is 10.3. The van der Waals surface area contributed by atoms with Gasteiger partial charge in [-0.3, -0.25) is 25.0 Å². The topological polar surface area (TPSA) is 132 Å². The lowest BCUT2D eigenvalue weighted by molar-refractivity contribution is -0.385. The predicted octanol–water partition coefficient (Wildman–Crippen LogP) is 1.89. The van der Waals surface area contributed by atoms with Gasteiger partial charge in [0.2, 0.25) is 0 Å². The third-order valence-corrected chi connectivity index (χ3v) is 3.04. The van der Waals surface area contributed by atoms with Crippen LogP contribution < -0.4 is 5.43 Å². The summed E-state index contributed by atoms with van der Waals surface area (Å²) in [5.41, 5.74) is -0.534. The molecule has 0 atom stereocenters. The molecule has 1 aromatic carbocycles. The van der Waals surface area contributed by atoms with E-state index in [0.29, 0.717) is 5.52 Å². The van der Waals surface area contributed by atoms with Crippen molar-refractivity contribution in [2.75, 3.05) is 0 Å². The molecule has 21 heavy (non-hydrogen) atoms. The summed E-state index contributed by atoms with van der Waals surface area (Å²) in [5, 5.41) is 21.6. The van der Waals surface area contributed by atoms with Crippen LogP contribution in [0.3, 0.4) is 0 Å². The summed E-state index contributed by atoms with van der Waals surface area (Å²) in [5.74, 6) is 0. The van der Waals surface area contributed by atoms with Gasteiger partial charge in [-0.15, -0.1) is 0 Å². The first-order valence-corrected chi connectivity index (χ1v) is 5.72. The van der Waals surface area contributed by atoms with Gasteiger partial charge < -0.3 is 4.98 Å². The number of benzene rings is 1. The first-order chi connectivity index (χ1) is 9.97. The van der Waals surface area contributed by atoms with Gasteiger partial charge in [-0.1, -0.05) is 0 Å². The summed E-state index contributed by atoms with van der Waals surface area (Å²) < 4.78 is 0. The number of aromatic amines is 1. The van der Waals surface area contributed by atoms with Gasteiger partial charge >= 0.3 is 0 Å². The van der Waals surface area contributed by atoms with Crippen molar-refractivity contribution in [2.45, 2.75) is 0 Å². The third-order valence-electron chi connectivity index (χ3n) is 3.04. The fourth-order valence-electron chi connectivity index (χ4n) is 2.04. The molecule has 0 saturated heterocycles. The highest BCUT2D eigenvalue weighted by Crippen LogP contribution is 2.21. The molecule has 0 spiro atoms. The van der Waals surface area contributed by atoms with Gasteiger partial charge in [0, 0.05) is 18.2 Å². The second-order valence-electron chi connectivity index (χ2n) is 4.29. The van der Waals surface area contributed by atoms with Gasteiger partial charge in [-0.05, 0) is 6.07 Å². The molecule has 9 heteroatoms.